The lowest BCUT2D eigenvalue weighted by molar-refractivity contribution is -0.141. The zero-order valence-corrected chi connectivity index (χ0v) is 7.94. The molecule has 0 aliphatic carbocycles. The molecule has 0 saturated carbocycles. The van der Waals surface area contributed by atoms with Crippen LogP contribution in [-0.4, -0.2) is 4.98 Å². The van der Waals surface area contributed by atoms with Gasteiger partial charge in [-0.25, -0.2) is 13.8 Å². The average molecular weight is 236 g/mol. The predicted octanol–water partition coefficient (Wildman–Crippen LogP) is 3.22. The number of hydrogen-bond acceptors (Lipinski definition) is 2. The number of rotatable bonds is 1. The van der Waals surface area contributed by atoms with Gasteiger partial charge in [0.15, 0.2) is 0 Å². The Bertz CT molecular complexity index is 444. The minimum Gasteiger partial charge on any atom is -0.248 e. The second-order valence-electron chi connectivity index (χ2n) is 2.96. The molecule has 0 radical (unpaired) electrons. The molecule has 0 N–H and O–H groups in total. The van der Waals surface area contributed by atoms with Crippen LogP contribution in [0.3, 0.4) is 0 Å². The van der Waals surface area contributed by atoms with Crippen molar-refractivity contribution >= 4 is 0 Å². The molecule has 1 heterocycles. The van der Waals surface area contributed by atoms with Crippen molar-refractivity contribution < 1.29 is 22.0 Å². The van der Waals surface area contributed by atoms with Gasteiger partial charge in [0, 0.05) is 5.69 Å². The summed E-state index contributed by atoms with van der Waals surface area (Å²) in [4.78, 5) is 3.02. The first-order valence-electron chi connectivity index (χ1n) is 4.04. The molecule has 0 amide bonds. The first kappa shape index (κ1) is 12.4. The lowest BCUT2D eigenvalue weighted by Gasteiger charge is -2.11. The molecule has 1 aromatic heterocycles. The minimum absolute atomic E-state index is 0.328. The molecule has 0 saturated heterocycles. The molecule has 1 aromatic rings. The lowest BCUT2D eigenvalue weighted by Crippen LogP contribution is -2.11. The van der Waals surface area contributed by atoms with Crippen LogP contribution in [0.4, 0.5) is 22.0 Å². The number of aryl methyl sites for hydroxylation is 1. The maximum Gasteiger partial charge on any atom is 0.433 e. The van der Waals surface area contributed by atoms with Gasteiger partial charge in [0.25, 0.3) is 6.43 Å². The zero-order valence-electron chi connectivity index (χ0n) is 7.94. The van der Waals surface area contributed by atoms with E-state index in [4.69, 9.17) is 5.26 Å². The molecular formula is C9H5F5N2. The fourth-order valence-electron chi connectivity index (χ4n) is 1.20. The maximum absolute atomic E-state index is 12.4. The Labute approximate surface area is 87.3 Å². The van der Waals surface area contributed by atoms with Crippen LogP contribution in [0.2, 0.25) is 0 Å². The van der Waals surface area contributed by atoms with Crippen molar-refractivity contribution in [2.24, 2.45) is 0 Å². The van der Waals surface area contributed by atoms with Crippen molar-refractivity contribution in [3.63, 3.8) is 0 Å². The number of alkyl halides is 5. The summed E-state index contributed by atoms with van der Waals surface area (Å²) < 4.78 is 61.6. The molecule has 0 aliphatic heterocycles. The van der Waals surface area contributed by atoms with E-state index in [1.165, 1.54) is 6.07 Å². The fourth-order valence-corrected chi connectivity index (χ4v) is 1.20. The summed E-state index contributed by atoms with van der Waals surface area (Å²) in [5.74, 6) is 0. The van der Waals surface area contributed by atoms with Crippen LogP contribution in [0, 0.1) is 18.3 Å². The third-order valence-electron chi connectivity index (χ3n) is 1.88. The van der Waals surface area contributed by atoms with Crippen LogP contribution < -0.4 is 0 Å². The van der Waals surface area contributed by atoms with Gasteiger partial charge in [0.1, 0.15) is 5.69 Å². The first-order chi connectivity index (χ1) is 7.27. The molecule has 0 bridgehead atoms. The summed E-state index contributed by atoms with van der Waals surface area (Å²) >= 11 is 0. The fraction of sp³-hybridized carbons (Fsp3) is 0.333. The maximum atomic E-state index is 12.4. The molecule has 86 valence electrons. The molecule has 0 aromatic carbocycles. The van der Waals surface area contributed by atoms with Crippen molar-refractivity contribution in [3.05, 3.63) is 28.6 Å². The van der Waals surface area contributed by atoms with Crippen molar-refractivity contribution in [1.82, 2.24) is 4.98 Å². The Morgan fingerprint density at radius 1 is 1.38 bits per heavy atom. The normalized spacial score (nSPS) is 11.6. The highest BCUT2D eigenvalue weighted by molar-refractivity contribution is 5.42. The van der Waals surface area contributed by atoms with Gasteiger partial charge in [-0.15, -0.1) is 0 Å². The minimum atomic E-state index is -4.75. The highest BCUT2D eigenvalue weighted by Crippen LogP contribution is 2.32. The van der Waals surface area contributed by atoms with E-state index in [2.05, 4.69) is 4.98 Å². The summed E-state index contributed by atoms with van der Waals surface area (Å²) in [6, 6.07) is 1.64. The molecule has 0 atom stereocenters. The third-order valence-corrected chi connectivity index (χ3v) is 1.88. The number of pyridine rings is 1. The SMILES string of the molecule is Cc1nc(C(F)(F)F)cc(C#N)c1C(F)F. The summed E-state index contributed by atoms with van der Waals surface area (Å²) in [7, 11) is 0. The summed E-state index contributed by atoms with van der Waals surface area (Å²) in [6.45, 7) is 1.01. The lowest BCUT2D eigenvalue weighted by atomic mass is 10.1. The monoisotopic (exact) mass is 236 g/mol. The number of aromatic nitrogens is 1. The first-order valence-corrected chi connectivity index (χ1v) is 4.04. The molecule has 0 unspecified atom stereocenters. The summed E-state index contributed by atoms with van der Waals surface area (Å²) in [5, 5.41) is 8.50. The van der Waals surface area contributed by atoms with Crippen LogP contribution in [0.1, 0.15) is 28.9 Å². The van der Waals surface area contributed by atoms with Gasteiger partial charge in [-0.2, -0.15) is 18.4 Å². The third kappa shape index (κ3) is 2.27. The standard InChI is InChI=1S/C9H5F5N2/c1-4-7(8(10)11)5(3-15)2-6(16-4)9(12,13)14/h2,8H,1H3. The second kappa shape index (κ2) is 4.04. The molecule has 7 heteroatoms. The Morgan fingerprint density at radius 2 is 1.94 bits per heavy atom. The van der Waals surface area contributed by atoms with Gasteiger partial charge < -0.3 is 0 Å². The Balaban J connectivity index is 3.46. The van der Waals surface area contributed by atoms with Crippen LogP contribution in [-0.2, 0) is 6.18 Å². The van der Waals surface area contributed by atoms with Crippen molar-refractivity contribution in [2.45, 2.75) is 19.5 Å². The smallest absolute Gasteiger partial charge is 0.248 e. The number of nitriles is 1. The Kier molecular flexibility index (Phi) is 3.12. The summed E-state index contributed by atoms with van der Waals surface area (Å²) in [6.07, 6.45) is -7.78. The van der Waals surface area contributed by atoms with E-state index < -0.39 is 35.1 Å². The van der Waals surface area contributed by atoms with Crippen LogP contribution in [0.25, 0.3) is 0 Å². The zero-order chi connectivity index (χ0) is 12.5. The number of halogens is 5. The van der Waals surface area contributed by atoms with E-state index in [0.29, 0.717) is 6.07 Å². The molecular weight excluding hydrogens is 231 g/mol. The topological polar surface area (TPSA) is 36.7 Å². The van der Waals surface area contributed by atoms with Crippen LogP contribution in [0.15, 0.2) is 6.07 Å². The molecule has 16 heavy (non-hydrogen) atoms. The second-order valence-corrected chi connectivity index (χ2v) is 2.96. The van der Waals surface area contributed by atoms with E-state index in [1.54, 1.807) is 0 Å². The predicted molar refractivity (Wildman–Crippen MR) is 43.6 cm³/mol. The molecule has 0 aliphatic rings. The Morgan fingerprint density at radius 3 is 2.31 bits per heavy atom. The molecule has 0 fully saturated rings. The van der Waals surface area contributed by atoms with E-state index in [1.807, 2.05) is 0 Å². The highest BCUT2D eigenvalue weighted by atomic mass is 19.4. The van der Waals surface area contributed by atoms with Crippen LogP contribution in [0.5, 0.6) is 0 Å². The molecule has 0 spiro atoms. The van der Waals surface area contributed by atoms with E-state index >= 15 is 0 Å². The Hall–Kier alpha value is -1.71. The highest BCUT2D eigenvalue weighted by Gasteiger charge is 2.34. The van der Waals surface area contributed by atoms with Gasteiger partial charge in [-0.1, -0.05) is 0 Å². The van der Waals surface area contributed by atoms with Crippen LogP contribution >= 0.6 is 0 Å². The number of nitrogens with zero attached hydrogens (tertiary/aromatic N) is 2. The van der Waals surface area contributed by atoms with E-state index in [0.717, 1.165) is 6.92 Å². The average Bonchev–Trinajstić information content (AvgIpc) is 2.14. The van der Waals surface area contributed by atoms with Crippen molar-refractivity contribution in [3.8, 4) is 6.07 Å². The molecule has 1 rings (SSSR count). The van der Waals surface area contributed by atoms with E-state index in [-0.39, 0.29) is 0 Å². The van der Waals surface area contributed by atoms with Gasteiger partial charge >= 0.3 is 6.18 Å². The summed E-state index contributed by atoms with van der Waals surface area (Å²) in [5.41, 5.74) is -3.28. The number of hydrogen-bond donors (Lipinski definition) is 0. The molecule has 2 nitrogen and oxygen atoms in total. The quantitative estimate of drug-likeness (QED) is 0.702. The van der Waals surface area contributed by atoms with Gasteiger partial charge in [-0.3, -0.25) is 0 Å². The van der Waals surface area contributed by atoms with Gasteiger partial charge in [0.05, 0.1) is 17.2 Å². The largest absolute Gasteiger partial charge is 0.433 e. The van der Waals surface area contributed by atoms with Crippen molar-refractivity contribution in [1.29, 1.82) is 5.26 Å². The van der Waals surface area contributed by atoms with Gasteiger partial charge in [0.2, 0.25) is 0 Å². The van der Waals surface area contributed by atoms with Crippen molar-refractivity contribution in [2.75, 3.05) is 0 Å². The van der Waals surface area contributed by atoms with E-state index in [9.17, 15) is 22.0 Å². The van der Waals surface area contributed by atoms with Gasteiger partial charge in [-0.05, 0) is 13.0 Å².